The molecule has 6 nitrogen and oxygen atoms in total. The zero-order chi connectivity index (χ0) is 18.0. The second kappa shape index (κ2) is 6.70. The van der Waals surface area contributed by atoms with E-state index in [9.17, 15) is 18.3 Å². The van der Waals surface area contributed by atoms with Crippen molar-refractivity contribution in [3.63, 3.8) is 0 Å². The van der Waals surface area contributed by atoms with Gasteiger partial charge in [-0.15, -0.1) is 0 Å². The first kappa shape index (κ1) is 17.2. The number of sulfonamides is 1. The Kier molecular flexibility index (Phi) is 4.61. The van der Waals surface area contributed by atoms with Gasteiger partial charge < -0.3 is 10.1 Å². The number of carboxylic acids is 1. The first-order valence-electron chi connectivity index (χ1n) is 7.78. The molecular weight excluding hydrogens is 340 g/mol. The number of aromatic nitrogens is 1. The molecule has 0 aliphatic carbocycles. The quantitative estimate of drug-likeness (QED) is 0.631. The maximum atomic E-state index is 12.3. The summed E-state index contributed by atoms with van der Waals surface area (Å²) in [5.74, 6) is -1.06. The molecule has 0 aliphatic heterocycles. The highest BCUT2D eigenvalue weighted by Gasteiger charge is 2.18. The number of H-pyrrole nitrogens is 1. The number of para-hydroxylation sites is 1. The molecule has 0 fully saturated rings. The van der Waals surface area contributed by atoms with Gasteiger partial charge in [0.15, 0.2) is 0 Å². The van der Waals surface area contributed by atoms with Crippen LogP contribution in [0.15, 0.2) is 53.4 Å². The Bertz CT molecular complexity index is 1020. The molecule has 1 heterocycles. The van der Waals surface area contributed by atoms with E-state index in [1.807, 2.05) is 25.1 Å². The number of aryl methyl sites for hydroxylation is 1. The van der Waals surface area contributed by atoms with Gasteiger partial charge in [0.25, 0.3) is 0 Å². The standard InChI is InChI=1S/C18H18N2O4S/c1-12-6-8-13(9-7-12)25(23,24)19-11-10-15-14-4-2-3-5-16(14)20-17(15)18(21)22/h2-9,19-20H,10-11H2,1H3,(H,21,22). The molecule has 7 heteroatoms. The molecule has 2 aromatic carbocycles. The summed E-state index contributed by atoms with van der Waals surface area (Å²) in [5.41, 5.74) is 2.38. The van der Waals surface area contributed by atoms with Gasteiger partial charge in [0.1, 0.15) is 5.69 Å². The zero-order valence-corrected chi connectivity index (χ0v) is 14.4. The van der Waals surface area contributed by atoms with Crippen LogP contribution in [-0.2, 0) is 16.4 Å². The van der Waals surface area contributed by atoms with Crippen molar-refractivity contribution in [2.24, 2.45) is 0 Å². The SMILES string of the molecule is Cc1ccc(S(=O)(=O)NCCc2c(C(=O)O)[nH]c3ccccc23)cc1. The number of nitrogens with one attached hydrogen (secondary N) is 2. The number of rotatable bonds is 6. The second-order valence-electron chi connectivity index (χ2n) is 5.79. The fraction of sp³-hybridized carbons (Fsp3) is 0.167. The Labute approximate surface area is 145 Å². The highest BCUT2D eigenvalue weighted by molar-refractivity contribution is 7.89. The lowest BCUT2D eigenvalue weighted by Gasteiger charge is -2.07. The molecule has 3 N–H and O–H groups in total. The summed E-state index contributed by atoms with van der Waals surface area (Å²) in [4.78, 5) is 14.5. The van der Waals surface area contributed by atoms with Crippen molar-refractivity contribution < 1.29 is 18.3 Å². The Morgan fingerprint density at radius 2 is 1.80 bits per heavy atom. The normalized spacial score (nSPS) is 11.7. The summed E-state index contributed by atoms with van der Waals surface area (Å²) in [6.07, 6.45) is 0.275. The van der Waals surface area contributed by atoms with Crippen molar-refractivity contribution in [1.29, 1.82) is 0 Å². The zero-order valence-electron chi connectivity index (χ0n) is 13.6. The molecule has 0 saturated heterocycles. The van der Waals surface area contributed by atoms with Gasteiger partial charge in [-0.1, -0.05) is 35.9 Å². The summed E-state index contributed by atoms with van der Waals surface area (Å²) >= 11 is 0. The summed E-state index contributed by atoms with van der Waals surface area (Å²) in [7, 11) is -3.62. The van der Waals surface area contributed by atoms with E-state index in [1.54, 1.807) is 30.3 Å². The molecule has 130 valence electrons. The molecule has 0 unspecified atom stereocenters. The highest BCUT2D eigenvalue weighted by Crippen LogP contribution is 2.23. The topological polar surface area (TPSA) is 99.3 Å². The van der Waals surface area contributed by atoms with Gasteiger partial charge in [0, 0.05) is 17.4 Å². The minimum absolute atomic E-state index is 0.0933. The lowest BCUT2D eigenvalue weighted by Crippen LogP contribution is -2.26. The third-order valence-corrected chi connectivity index (χ3v) is 5.50. The lowest BCUT2D eigenvalue weighted by molar-refractivity contribution is 0.0690. The average molecular weight is 358 g/mol. The average Bonchev–Trinajstić information content (AvgIpc) is 2.94. The van der Waals surface area contributed by atoms with Crippen LogP contribution >= 0.6 is 0 Å². The van der Waals surface area contributed by atoms with Crippen LogP contribution < -0.4 is 4.72 Å². The number of fused-ring (bicyclic) bond motifs is 1. The summed E-state index contributed by atoms with van der Waals surface area (Å²) in [6.45, 7) is 1.99. The van der Waals surface area contributed by atoms with E-state index in [1.165, 1.54) is 0 Å². The second-order valence-corrected chi connectivity index (χ2v) is 7.56. The van der Waals surface area contributed by atoms with E-state index >= 15 is 0 Å². The molecule has 25 heavy (non-hydrogen) atoms. The molecule has 3 aromatic rings. The van der Waals surface area contributed by atoms with Gasteiger partial charge in [-0.25, -0.2) is 17.9 Å². The largest absolute Gasteiger partial charge is 0.477 e. The Morgan fingerprint density at radius 3 is 2.48 bits per heavy atom. The fourth-order valence-corrected chi connectivity index (χ4v) is 3.79. The Morgan fingerprint density at radius 1 is 1.12 bits per heavy atom. The number of aromatic amines is 1. The van der Waals surface area contributed by atoms with Crippen LogP contribution in [0.5, 0.6) is 0 Å². The third kappa shape index (κ3) is 3.57. The summed E-state index contributed by atoms with van der Waals surface area (Å²) in [6, 6.07) is 13.8. The monoisotopic (exact) mass is 358 g/mol. The Balaban J connectivity index is 1.80. The minimum atomic E-state index is -3.62. The van der Waals surface area contributed by atoms with Gasteiger partial charge in [-0.05, 0) is 37.1 Å². The molecule has 0 saturated carbocycles. The molecule has 3 rings (SSSR count). The van der Waals surface area contributed by atoms with E-state index < -0.39 is 16.0 Å². The maximum absolute atomic E-state index is 12.3. The summed E-state index contributed by atoms with van der Waals surface area (Å²) < 4.78 is 27.2. The molecular formula is C18H18N2O4S. The van der Waals surface area contributed by atoms with Crippen LogP contribution in [0.2, 0.25) is 0 Å². The molecule has 0 amide bonds. The smallest absolute Gasteiger partial charge is 0.352 e. The maximum Gasteiger partial charge on any atom is 0.352 e. The predicted molar refractivity (Wildman–Crippen MR) is 95.3 cm³/mol. The van der Waals surface area contributed by atoms with E-state index in [4.69, 9.17) is 0 Å². The van der Waals surface area contributed by atoms with Gasteiger partial charge in [0.2, 0.25) is 10.0 Å². The summed E-state index contributed by atoms with van der Waals surface area (Å²) in [5, 5.41) is 10.1. The minimum Gasteiger partial charge on any atom is -0.477 e. The van der Waals surface area contributed by atoms with Crippen molar-refractivity contribution >= 4 is 26.9 Å². The number of hydrogen-bond donors (Lipinski definition) is 3. The molecule has 1 aromatic heterocycles. The van der Waals surface area contributed by atoms with Gasteiger partial charge in [-0.2, -0.15) is 0 Å². The molecule has 0 atom stereocenters. The predicted octanol–water partition coefficient (Wildman–Crippen LogP) is 2.70. The number of benzene rings is 2. The third-order valence-electron chi connectivity index (χ3n) is 4.03. The van der Waals surface area contributed by atoms with Crippen molar-refractivity contribution in [3.05, 3.63) is 65.4 Å². The van der Waals surface area contributed by atoms with Crippen LogP contribution in [0.3, 0.4) is 0 Å². The van der Waals surface area contributed by atoms with Crippen molar-refractivity contribution in [2.45, 2.75) is 18.2 Å². The van der Waals surface area contributed by atoms with Crippen molar-refractivity contribution in [2.75, 3.05) is 6.54 Å². The Hall–Kier alpha value is -2.64. The number of carboxylic acid groups (broad SMARTS) is 1. The van der Waals surface area contributed by atoms with Crippen molar-refractivity contribution in [1.82, 2.24) is 9.71 Å². The van der Waals surface area contributed by atoms with Crippen LogP contribution in [0.4, 0.5) is 0 Å². The molecule has 0 radical (unpaired) electrons. The lowest BCUT2D eigenvalue weighted by atomic mass is 10.1. The van der Waals surface area contributed by atoms with E-state index in [2.05, 4.69) is 9.71 Å². The number of aromatic carboxylic acids is 1. The van der Waals surface area contributed by atoms with Crippen LogP contribution in [0, 0.1) is 6.92 Å². The molecule has 0 aliphatic rings. The highest BCUT2D eigenvalue weighted by atomic mass is 32.2. The van der Waals surface area contributed by atoms with Crippen LogP contribution in [0.25, 0.3) is 10.9 Å². The van der Waals surface area contributed by atoms with Gasteiger partial charge >= 0.3 is 5.97 Å². The first-order chi connectivity index (χ1) is 11.9. The van der Waals surface area contributed by atoms with E-state index in [0.717, 1.165) is 16.5 Å². The van der Waals surface area contributed by atoms with E-state index in [-0.39, 0.29) is 23.6 Å². The fourth-order valence-electron chi connectivity index (χ4n) is 2.75. The van der Waals surface area contributed by atoms with Crippen molar-refractivity contribution in [3.8, 4) is 0 Å². The van der Waals surface area contributed by atoms with Crippen LogP contribution in [0.1, 0.15) is 21.6 Å². The number of carbonyl (C=O) groups is 1. The van der Waals surface area contributed by atoms with E-state index in [0.29, 0.717) is 5.56 Å². The molecule has 0 bridgehead atoms. The molecule has 0 spiro atoms. The number of hydrogen-bond acceptors (Lipinski definition) is 3. The van der Waals surface area contributed by atoms with Gasteiger partial charge in [-0.3, -0.25) is 0 Å². The van der Waals surface area contributed by atoms with Gasteiger partial charge in [0.05, 0.1) is 4.90 Å². The van der Waals surface area contributed by atoms with Crippen LogP contribution in [-0.4, -0.2) is 31.0 Å². The first-order valence-corrected chi connectivity index (χ1v) is 9.26.